The Morgan fingerprint density at radius 1 is 1.40 bits per heavy atom. The molecule has 1 N–H and O–H groups in total. The molecule has 0 aliphatic heterocycles. The summed E-state index contributed by atoms with van der Waals surface area (Å²) in [5.41, 5.74) is 0.489. The molecule has 0 aliphatic carbocycles. The average Bonchev–Trinajstić information content (AvgIpc) is 2.16. The van der Waals surface area contributed by atoms with Gasteiger partial charge in [-0.1, -0.05) is 15.9 Å². The topological polar surface area (TPSA) is 55.4 Å². The number of methoxy groups -OCH3 is 1. The normalized spacial score (nSPS) is 11.1. The molecule has 0 atom stereocenters. The van der Waals surface area contributed by atoms with Crippen LogP contribution in [0.5, 0.6) is 5.75 Å². The smallest absolute Gasteiger partial charge is 0.232 e. The molecule has 0 aliphatic rings. The summed E-state index contributed by atoms with van der Waals surface area (Å²) in [7, 11) is -1.71. The Morgan fingerprint density at radius 2 is 2.07 bits per heavy atom. The van der Waals surface area contributed by atoms with E-state index in [0.29, 0.717) is 11.4 Å². The van der Waals surface area contributed by atoms with Crippen LogP contribution in [-0.4, -0.2) is 21.3 Å². The van der Waals surface area contributed by atoms with Crippen LogP contribution in [0.15, 0.2) is 22.7 Å². The van der Waals surface area contributed by atoms with Crippen LogP contribution in [0.25, 0.3) is 0 Å². The van der Waals surface area contributed by atoms with Crippen molar-refractivity contribution in [3.05, 3.63) is 22.7 Å². The van der Waals surface area contributed by atoms with Crippen LogP contribution in [0.3, 0.4) is 0 Å². The van der Waals surface area contributed by atoms with Gasteiger partial charge in [-0.25, -0.2) is 8.42 Å². The fraction of sp³-hybridized carbons (Fsp3) is 0.333. The van der Waals surface area contributed by atoms with Crippen molar-refractivity contribution in [3.63, 3.8) is 0 Å². The van der Waals surface area contributed by atoms with Crippen LogP contribution >= 0.6 is 15.9 Å². The van der Waals surface area contributed by atoms with Crippen molar-refractivity contribution in [2.24, 2.45) is 0 Å². The number of sulfonamides is 1. The SMILES string of the molecule is CCS(=O)(=O)Nc1cc(Br)cc(OC)c1. The van der Waals surface area contributed by atoms with Crippen molar-refractivity contribution < 1.29 is 13.2 Å². The molecule has 0 amide bonds. The fourth-order valence-electron chi connectivity index (χ4n) is 0.991. The van der Waals surface area contributed by atoms with E-state index in [1.165, 1.54) is 7.11 Å². The first-order valence-electron chi connectivity index (χ1n) is 4.32. The van der Waals surface area contributed by atoms with Gasteiger partial charge in [0.25, 0.3) is 0 Å². The third-order valence-electron chi connectivity index (χ3n) is 1.76. The Labute approximate surface area is 97.8 Å². The van der Waals surface area contributed by atoms with Crippen LogP contribution in [0.4, 0.5) is 5.69 Å². The Bertz CT molecular complexity index is 445. The van der Waals surface area contributed by atoms with Gasteiger partial charge >= 0.3 is 0 Å². The van der Waals surface area contributed by atoms with Crippen molar-refractivity contribution >= 4 is 31.6 Å². The van der Waals surface area contributed by atoms with Gasteiger partial charge in [0.15, 0.2) is 0 Å². The second kappa shape index (κ2) is 4.85. The third-order valence-corrected chi connectivity index (χ3v) is 3.53. The number of hydrogen-bond donors (Lipinski definition) is 1. The van der Waals surface area contributed by atoms with Crippen molar-refractivity contribution in [3.8, 4) is 5.75 Å². The molecule has 0 spiro atoms. The monoisotopic (exact) mass is 293 g/mol. The molecule has 1 rings (SSSR count). The molecule has 0 saturated carbocycles. The summed E-state index contributed by atoms with van der Waals surface area (Å²) in [6, 6.07) is 5.05. The maximum absolute atomic E-state index is 11.3. The van der Waals surface area contributed by atoms with Gasteiger partial charge in [-0.3, -0.25) is 4.72 Å². The van der Waals surface area contributed by atoms with E-state index in [0.717, 1.165) is 4.47 Å². The molecule has 6 heteroatoms. The Morgan fingerprint density at radius 3 is 2.60 bits per heavy atom. The summed E-state index contributed by atoms with van der Waals surface area (Å²) in [6.07, 6.45) is 0. The summed E-state index contributed by atoms with van der Waals surface area (Å²) in [6.45, 7) is 1.58. The van der Waals surface area contributed by atoms with Gasteiger partial charge in [0.2, 0.25) is 10.0 Å². The molecular formula is C9H12BrNO3S. The van der Waals surface area contributed by atoms with Crippen molar-refractivity contribution in [2.75, 3.05) is 17.6 Å². The average molecular weight is 294 g/mol. The third kappa shape index (κ3) is 3.71. The molecule has 0 heterocycles. The Kier molecular flexibility index (Phi) is 3.98. The fourth-order valence-corrected chi connectivity index (χ4v) is 2.08. The summed E-state index contributed by atoms with van der Waals surface area (Å²) in [4.78, 5) is 0. The first kappa shape index (κ1) is 12.3. The number of ether oxygens (including phenoxy) is 1. The number of hydrogen-bond acceptors (Lipinski definition) is 3. The second-order valence-electron chi connectivity index (χ2n) is 2.89. The highest BCUT2D eigenvalue weighted by molar-refractivity contribution is 9.10. The highest BCUT2D eigenvalue weighted by atomic mass is 79.9. The van der Waals surface area contributed by atoms with Gasteiger partial charge < -0.3 is 4.74 Å². The molecular weight excluding hydrogens is 282 g/mol. The first-order chi connectivity index (χ1) is 6.96. The van der Waals surface area contributed by atoms with Gasteiger partial charge in [-0.05, 0) is 19.1 Å². The van der Waals surface area contributed by atoms with Gasteiger partial charge in [0, 0.05) is 10.5 Å². The number of anilines is 1. The van der Waals surface area contributed by atoms with E-state index < -0.39 is 10.0 Å². The summed E-state index contributed by atoms with van der Waals surface area (Å²) >= 11 is 3.27. The molecule has 0 aromatic heterocycles. The number of halogens is 1. The second-order valence-corrected chi connectivity index (χ2v) is 5.81. The van der Waals surface area contributed by atoms with E-state index in [1.54, 1.807) is 25.1 Å². The van der Waals surface area contributed by atoms with Crippen LogP contribution in [0.2, 0.25) is 0 Å². The Hall–Kier alpha value is -0.750. The molecule has 1 aromatic carbocycles. The molecule has 0 radical (unpaired) electrons. The lowest BCUT2D eigenvalue weighted by molar-refractivity contribution is 0.415. The van der Waals surface area contributed by atoms with Gasteiger partial charge in [-0.15, -0.1) is 0 Å². The van der Waals surface area contributed by atoms with Crippen LogP contribution in [-0.2, 0) is 10.0 Å². The maximum Gasteiger partial charge on any atom is 0.232 e. The highest BCUT2D eigenvalue weighted by Crippen LogP contribution is 2.25. The van der Waals surface area contributed by atoms with Crippen LogP contribution in [0.1, 0.15) is 6.92 Å². The van der Waals surface area contributed by atoms with E-state index >= 15 is 0 Å². The predicted octanol–water partition coefficient (Wildman–Crippen LogP) is 2.22. The van der Waals surface area contributed by atoms with Gasteiger partial charge in [0.1, 0.15) is 5.75 Å². The number of rotatable bonds is 4. The van der Waals surface area contributed by atoms with E-state index in [9.17, 15) is 8.42 Å². The zero-order valence-electron chi connectivity index (χ0n) is 8.45. The zero-order valence-corrected chi connectivity index (χ0v) is 10.9. The number of benzene rings is 1. The lowest BCUT2D eigenvalue weighted by Crippen LogP contribution is -2.14. The Balaban J connectivity index is 3.00. The molecule has 4 nitrogen and oxygen atoms in total. The van der Waals surface area contributed by atoms with E-state index in [-0.39, 0.29) is 5.75 Å². The standard InChI is InChI=1S/C9H12BrNO3S/c1-3-15(12,13)11-8-4-7(10)5-9(6-8)14-2/h4-6,11H,3H2,1-2H3. The highest BCUT2D eigenvalue weighted by Gasteiger charge is 2.08. The molecule has 0 bridgehead atoms. The summed E-state index contributed by atoms with van der Waals surface area (Å²) < 4.78 is 30.8. The van der Waals surface area contributed by atoms with Gasteiger partial charge in [-0.2, -0.15) is 0 Å². The molecule has 1 aromatic rings. The van der Waals surface area contributed by atoms with Crippen molar-refractivity contribution in [1.29, 1.82) is 0 Å². The quantitative estimate of drug-likeness (QED) is 0.926. The molecule has 0 fully saturated rings. The lowest BCUT2D eigenvalue weighted by atomic mass is 10.3. The molecule has 0 saturated heterocycles. The van der Waals surface area contributed by atoms with E-state index in [1.807, 2.05) is 0 Å². The molecule has 15 heavy (non-hydrogen) atoms. The van der Waals surface area contributed by atoms with Crippen LogP contribution in [0, 0.1) is 0 Å². The first-order valence-corrected chi connectivity index (χ1v) is 6.76. The van der Waals surface area contributed by atoms with Gasteiger partial charge in [0.05, 0.1) is 18.6 Å². The molecule has 0 unspecified atom stereocenters. The van der Waals surface area contributed by atoms with Crippen molar-refractivity contribution in [2.45, 2.75) is 6.92 Å². The van der Waals surface area contributed by atoms with E-state index in [2.05, 4.69) is 20.7 Å². The van der Waals surface area contributed by atoms with Crippen molar-refractivity contribution in [1.82, 2.24) is 0 Å². The van der Waals surface area contributed by atoms with E-state index in [4.69, 9.17) is 4.74 Å². The minimum Gasteiger partial charge on any atom is -0.497 e. The largest absolute Gasteiger partial charge is 0.497 e. The zero-order chi connectivity index (χ0) is 11.5. The molecule has 84 valence electrons. The maximum atomic E-state index is 11.3. The summed E-state index contributed by atoms with van der Waals surface area (Å²) in [5, 5.41) is 0. The minimum absolute atomic E-state index is 0.0435. The summed E-state index contributed by atoms with van der Waals surface area (Å²) in [5.74, 6) is 0.639. The minimum atomic E-state index is -3.24. The van der Waals surface area contributed by atoms with Crippen LogP contribution < -0.4 is 9.46 Å². The number of nitrogens with one attached hydrogen (secondary N) is 1. The lowest BCUT2D eigenvalue weighted by Gasteiger charge is -2.08. The predicted molar refractivity (Wildman–Crippen MR) is 63.8 cm³/mol.